The minimum atomic E-state index is -4.55. The maximum atomic E-state index is 12.8. The number of nitrogens with zero attached hydrogens (tertiary/aromatic N) is 2. The number of rotatable bonds is 6. The summed E-state index contributed by atoms with van der Waals surface area (Å²) in [5.41, 5.74) is -0.569. The molecule has 2 rings (SSSR count). The number of benzene rings is 1. The normalized spacial score (nSPS) is 11.3. The van der Waals surface area contributed by atoms with Crippen molar-refractivity contribution in [1.29, 1.82) is 0 Å². The van der Waals surface area contributed by atoms with Gasteiger partial charge in [0.25, 0.3) is 5.91 Å². The number of aromatic nitrogens is 2. The molecule has 0 aliphatic carbocycles. The van der Waals surface area contributed by atoms with Crippen molar-refractivity contribution in [1.82, 2.24) is 9.97 Å². The third-order valence-electron chi connectivity index (χ3n) is 3.22. The van der Waals surface area contributed by atoms with E-state index >= 15 is 0 Å². The lowest BCUT2D eigenvalue weighted by molar-refractivity contribution is -0.137. The molecule has 6 nitrogen and oxygen atoms in total. The molecule has 1 aromatic carbocycles. The van der Waals surface area contributed by atoms with Gasteiger partial charge in [0.1, 0.15) is 5.69 Å². The van der Waals surface area contributed by atoms with E-state index in [1.807, 2.05) is 0 Å². The molecule has 26 heavy (non-hydrogen) atoms. The second kappa shape index (κ2) is 8.33. The zero-order chi connectivity index (χ0) is 19.3. The molecule has 0 radical (unpaired) electrons. The van der Waals surface area contributed by atoms with E-state index in [9.17, 15) is 18.0 Å². The lowest BCUT2D eigenvalue weighted by atomic mass is 10.2. The maximum absolute atomic E-state index is 12.8. The number of halogens is 4. The summed E-state index contributed by atoms with van der Waals surface area (Å²) in [5, 5.41) is 5.21. The van der Waals surface area contributed by atoms with E-state index in [0.29, 0.717) is 18.8 Å². The molecule has 0 atom stereocenters. The standard InChI is InChI=1S/C16H16ClF3N4O2/c1-9-7-13(24-15(22-9)21-5-6-26-2)14(25)23-12-8-10(16(18,19)20)3-4-11(12)17/h3-4,7-8H,5-6H2,1-2H3,(H,23,25)(H,21,22,24). The highest BCUT2D eigenvalue weighted by Crippen LogP contribution is 2.33. The number of hydrogen-bond donors (Lipinski definition) is 2. The molecule has 2 aromatic rings. The van der Waals surface area contributed by atoms with E-state index in [4.69, 9.17) is 16.3 Å². The Morgan fingerprint density at radius 1 is 1.27 bits per heavy atom. The van der Waals surface area contributed by atoms with Gasteiger partial charge in [-0.3, -0.25) is 4.79 Å². The van der Waals surface area contributed by atoms with E-state index in [2.05, 4.69) is 20.6 Å². The number of carbonyl (C=O) groups excluding carboxylic acids is 1. The third-order valence-corrected chi connectivity index (χ3v) is 3.55. The van der Waals surface area contributed by atoms with Crippen LogP contribution in [0.3, 0.4) is 0 Å². The molecule has 1 amide bonds. The number of ether oxygens (including phenoxy) is 1. The molecule has 0 bridgehead atoms. The van der Waals surface area contributed by atoms with Crippen molar-refractivity contribution in [2.24, 2.45) is 0 Å². The second-order valence-electron chi connectivity index (χ2n) is 5.28. The fourth-order valence-corrected chi connectivity index (χ4v) is 2.18. The topological polar surface area (TPSA) is 76.1 Å². The smallest absolute Gasteiger partial charge is 0.383 e. The van der Waals surface area contributed by atoms with Crippen LogP contribution in [0.1, 0.15) is 21.7 Å². The van der Waals surface area contributed by atoms with Crippen molar-refractivity contribution in [3.05, 3.63) is 46.2 Å². The second-order valence-corrected chi connectivity index (χ2v) is 5.69. The maximum Gasteiger partial charge on any atom is 0.416 e. The fraction of sp³-hybridized carbons (Fsp3) is 0.312. The Hall–Kier alpha value is -2.39. The van der Waals surface area contributed by atoms with Crippen LogP contribution in [-0.2, 0) is 10.9 Å². The molecule has 1 aromatic heterocycles. The lowest BCUT2D eigenvalue weighted by Crippen LogP contribution is -2.18. The predicted octanol–water partition coefficient (Wildman–Crippen LogP) is 3.77. The Morgan fingerprint density at radius 2 is 2.00 bits per heavy atom. The van der Waals surface area contributed by atoms with Gasteiger partial charge in [0.05, 0.1) is 22.9 Å². The summed E-state index contributed by atoms with van der Waals surface area (Å²) in [6.45, 7) is 2.51. The van der Waals surface area contributed by atoms with E-state index in [0.717, 1.165) is 18.2 Å². The number of amides is 1. The zero-order valence-corrected chi connectivity index (χ0v) is 14.7. The molecule has 0 saturated heterocycles. The van der Waals surface area contributed by atoms with Crippen molar-refractivity contribution in [2.75, 3.05) is 30.9 Å². The first kappa shape index (κ1) is 19.9. The number of nitrogens with one attached hydrogen (secondary N) is 2. The van der Waals surface area contributed by atoms with Crippen LogP contribution in [0, 0.1) is 6.92 Å². The average Bonchev–Trinajstić information content (AvgIpc) is 2.55. The van der Waals surface area contributed by atoms with Crippen molar-refractivity contribution in [3.63, 3.8) is 0 Å². The van der Waals surface area contributed by atoms with Gasteiger partial charge in [-0.1, -0.05) is 11.6 Å². The van der Waals surface area contributed by atoms with Crippen LogP contribution in [0.5, 0.6) is 0 Å². The van der Waals surface area contributed by atoms with Crippen molar-refractivity contribution in [3.8, 4) is 0 Å². The molecule has 140 valence electrons. The molecular weight excluding hydrogens is 373 g/mol. The molecule has 0 aliphatic rings. The van der Waals surface area contributed by atoms with Gasteiger partial charge in [-0.25, -0.2) is 9.97 Å². The highest BCUT2D eigenvalue weighted by molar-refractivity contribution is 6.33. The Labute approximate surface area is 152 Å². The molecule has 0 aliphatic heterocycles. The first-order valence-electron chi connectivity index (χ1n) is 7.47. The van der Waals surface area contributed by atoms with Crippen LogP contribution >= 0.6 is 11.6 Å². The lowest BCUT2D eigenvalue weighted by Gasteiger charge is -2.12. The summed E-state index contributed by atoms with van der Waals surface area (Å²) < 4.78 is 43.4. The van der Waals surface area contributed by atoms with E-state index < -0.39 is 17.6 Å². The number of anilines is 2. The molecule has 2 N–H and O–H groups in total. The number of carbonyl (C=O) groups is 1. The predicted molar refractivity (Wildman–Crippen MR) is 91.5 cm³/mol. The van der Waals surface area contributed by atoms with Crippen LogP contribution in [0.25, 0.3) is 0 Å². The van der Waals surface area contributed by atoms with Gasteiger partial charge < -0.3 is 15.4 Å². The number of hydrogen-bond acceptors (Lipinski definition) is 5. The summed E-state index contributed by atoms with van der Waals surface area (Å²) in [7, 11) is 1.54. The monoisotopic (exact) mass is 388 g/mol. The van der Waals surface area contributed by atoms with Gasteiger partial charge in [-0.2, -0.15) is 13.2 Å². The third kappa shape index (κ3) is 5.30. The summed E-state index contributed by atoms with van der Waals surface area (Å²) in [6, 6.07) is 4.10. The van der Waals surface area contributed by atoms with Crippen molar-refractivity contribution in [2.45, 2.75) is 13.1 Å². The largest absolute Gasteiger partial charge is 0.416 e. The molecule has 0 fully saturated rings. The highest BCUT2D eigenvalue weighted by atomic mass is 35.5. The highest BCUT2D eigenvalue weighted by Gasteiger charge is 2.31. The molecular formula is C16H16ClF3N4O2. The molecule has 0 unspecified atom stereocenters. The van der Waals surface area contributed by atoms with E-state index in [1.165, 1.54) is 13.2 Å². The van der Waals surface area contributed by atoms with E-state index in [1.54, 1.807) is 6.92 Å². The summed E-state index contributed by atoms with van der Waals surface area (Å²) >= 11 is 5.88. The number of methoxy groups -OCH3 is 1. The van der Waals surface area contributed by atoms with Crippen LogP contribution < -0.4 is 10.6 Å². The number of alkyl halides is 3. The van der Waals surface area contributed by atoms with Crippen LogP contribution in [0.2, 0.25) is 5.02 Å². The van der Waals surface area contributed by atoms with E-state index in [-0.39, 0.29) is 22.4 Å². The summed E-state index contributed by atoms with van der Waals surface area (Å²) in [6.07, 6.45) is -4.55. The first-order chi connectivity index (χ1) is 12.2. The molecule has 1 heterocycles. The van der Waals surface area contributed by atoms with Crippen molar-refractivity contribution < 1.29 is 22.7 Å². The molecule has 0 saturated carbocycles. The average molecular weight is 389 g/mol. The Balaban J connectivity index is 2.22. The van der Waals surface area contributed by atoms with Gasteiger partial charge in [0.15, 0.2) is 0 Å². The quantitative estimate of drug-likeness (QED) is 0.737. The summed E-state index contributed by atoms with van der Waals surface area (Å²) in [5.74, 6) is -0.492. The van der Waals surface area contributed by atoms with Gasteiger partial charge in [0, 0.05) is 19.3 Å². The SMILES string of the molecule is COCCNc1nc(C)cc(C(=O)Nc2cc(C(F)(F)F)ccc2Cl)n1. The zero-order valence-electron chi connectivity index (χ0n) is 13.9. The minimum absolute atomic E-state index is 0.00843. The van der Waals surface area contributed by atoms with Gasteiger partial charge >= 0.3 is 6.18 Å². The Kier molecular flexibility index (Phi) is 6.38. The summed E-state index contributed by atoms with van der Waals surface area (Å²) in [4.78, 5) is 20.5. The van der Waals surface area contributed by atoms with Crippen LogP contribution in [0.4, 0.5) is 24.8 Å². The van der Waals surface area contributed by atoms with Gasteiger partial charge in [-0.15, -0.1) is 0 Å². The van der Waals surface area contributed by atoms with Crippen LogP contribution in [-0.4, -0.2) is 36.1 Å². The number of aryl methyl sites for hydroxylation is 1. The molecule has 0 spiro atoms. The Morgan fingerprint density at radius 3 is 2.65 bits per heavy atom. The van der Waals surface area contributed by atoms with Gasteiger partial charge in [0.2, 0.25) is 5.95 Å². The van der Waals surface area contributed by atoms with Crippen molar-refractivity contribution >= 4 is 29.1 Å². The molecule has 10 heteroatoms. The minimum Gasteiger partial charge on any atom is -0.383 e. The first-order valence-corrected chi connectivity index (χ1v) is 7.85. The van der Waals surface area contributed by atoms with Gasteiger partial charge in [-0.05, 0) is 31.2 Å². The Bertz CT molecular complexity index is 800. The fourth-order valence-electron chi connectivity index (χ4n) is 2.01. The van der Waals surface area contributed by atoms with Crippen LogP contribution in [0.15, 0.2) is 24.3 Å².